The van der Waals surface area contributed by atoms with Gasteiger partial charge >= 0.3 is 0 Å². The van der Waals surface area contributed by atoms with Crippen molar-refractivity contribution in [3.05, 3.63) is 102 Å². The highest BCUT2D eigenvalue weighted by Crippen LogP contribution is 2.44. The molecule has 0 saturated carbocycles. The molecule has 1 N–H and O–H groups in total. The van der Waals surface area contributed by atoms with Crippen molar-refractivity contribution < 1.29 is 24.2 Å². The molecule has 0 bridgehead atoms. The Morgan fingerprint density at radius 2 is 1.63 bits per heavy atom. The summed E-state index contributed by atoms with van der Waals surface area (Å²) in [5.74, 6) is -0.988. The molecule has 1 fully saturated rings. The molecule has 7 heteroatoms. The zero-order chi connectivity index (χ0) is 24.5. The molecule has 1 aromatic heterocycles. The summed E-state index contributed by atoms with van der Waals surface area (Å²) < 4.78 is 10.6. The number of aliphatic hydroxyl groups excluding tert-OH is 1. The highest BCUT2D eigenvalue weighted by atomic mass is 16.5. The van der Waals surface area contributed by atoms with Crippen molar-refractivity contribution in [1.82, 2.24) is 4.98 Å². The maximum Gasteiger partial charge on any atom is 0.300 e. The number of aliphatic hydroxyl groups is 1. The van der Waals surface area contributed by atoms with Gasteiger partial charge in [-0.1, -0.05) is 42.5 Å². The second-order valence-electron chi connectivity index (χ2n) is 7.99. The predicted molar refractivity (Wildman–Crippen MR) is 133 cm³/mol. The normalized spacial score (nSPS) is 17.1. The fraction of sp³-hybridized carbons (Fsp3) is 0.107. The van der Waals surface area contributed by atoms with E-state index in [-0.39, 0.29) is 11.3 Å². The molecule has 35 heavy (non-hydrogen) atoms. The lowest BCUT2D eigenvalue weighted by atomic mass is 9.97. The zero-order valence-electron chi connectivity index (χ0n) is 19.1. The Bertz CT molecular complexity index is 1470. The van der Waals surface area contributed by atoms with Crippen molar-refractivity contribution in [2.75, 3.05) is 19.1 Å². The Labute approximate surface area is 201 Å². The molecule has 1 unspecified atom stereocenters. The first-order valence-corrected chi connectivity index (χ1v) is 11.0. The van der Waals surface area contributed by atoms with Gasteiger partial charge in [-0.2, -0.15) is 0 Å². The fourth-order valence-corrected chi connectivity index (χ4v) is 4.46. The molecule has 4 aromatic rings. The van der Waals surface area contributed by atoms with Crippen LogP contribution in [0.4, 0.5) is 5.69 Å². The Morgan fingerprint density at radius 1 is 0.886 bits per heavy atom. The Hall–Kier alpha value is -4.65. The van der Waals surface area contributed by atoms with Crippen molar-refractivity contribution in [2.45, 2.75) is 6.04 Å². The summed E-state index contributed by atoms with van der Waals surface area (Å²) in [4.78, 5) is 32.7. The second-order valence-corrected chi connectivity index (χ2v) is 7.99. The first kappa shape index (κ1) is 22.2. The van der Waals surface area contributed by atoms with Gasteiger partial charge in [0.05, 0.1) is 31.2 Å². The van der Waals surface area contributed by atoms with E-state index in [1.165, 1.54) is 19.1 Å². The molecule has 174 valence electrons. The lowest BCUT2D eigenvalue weighted by Gasteiger charge is -2.26. The van der Waals surface area contributed by atoms with Crippen LogP contribution in [-0.4, -0.2) is 36.0 Å². The number of carbonyl (C=O) groups is 2. The molecule has 1 atom stereocenters. The van der Waals surface area contributed by atoms with Crippen molar-refractivity contribution in [3.63, 3.8) is 0 Å². The minimum Gasteiger partial charge on any atom is -0.507 e. The molecule has 2 heterocycles. The number of nitrogens with zero attached hydrogens (tertiary/aromatic N) is 2. The highest BCUT2D eigenvalue weighted by Gasteiger charge is 2.48. The molecule has 0 radical (unpaired) electrons. The van der Waals surface area contributed by atoms with E-state index in [4.69, 9.17) is 9.47 Å². The van der Waals surface area contributed by atoms with Crippen LogP contribution < -0.4 is 14.4 Å². The third-order valence-corrected chi connectivity index (χ3v) is 6.10. The maximum atomic E-state index is 13.5. The average Bonchev–Trinajstić information content (AvgIpc) is 3.17. The van der Waals surface area contributed by atoms with Crippen LogP contribution in [0.15, 0.2) is 90.6 Å². The lowest BCUT2D eigenvalue weighted by Crippen LogP contribution is -2.30. The van der Waals surface area contributed by atoms with E-state index in [2.05, 4.69) is 4.98 Å². The van der Waals surface area contributed by atoms with Crippen LogP contribution in [0.1, 0.15) is 17.3 Å². The number of benzene rings is 3. The smallest absolute Gasteiger partial charge is 0.300 e. The van der Waals surface area contributed by atoms with Gasteiger partial charge in [-0.25, -0.2) is 0 Å². The molecule has 3 aromatic carbocycles. The van der Waals surface area contributed by atoms with Gasteiger partial charge < -0.3 is 14.6 Å². The Kier molecular flexibility index (Phi) is 5.66. The summed E-state index contributed by atoms with van der Waals surface area (Å²) in [7, 11) is 2.99. The largest absolute Gasteiger partial charge is 0.507 e. The van der Waals surface area contributed by atoms with Gasteiger partial charge in [0.25, 0.3) is 11.7 Å². The molecule has 1 aliphatic heterocycles. The summed E-state index contributed by atoms with van der Waals surface area (Å²) in [5, 5.41) is 13.1. The summed E-state index contributed by atoms with van der Waals surface area (Å²) >= 11 is 0. The molecular formula is C28H22N2O5. The van der Waals surface area contributed by atoms with Gasteiger partial charge in [0.15, 0.2) is 11.5 Å². The van der Waals surface area contributed by atoms with Crippen LogP contribution in [-0.2, 0) is 9.59 Å². The van der Waals surface area contributed by atoms with E-state index < -0.39 is 17.7 Å². The van der Waals surface area contributed by atoms with E-state index in [1.54, 1.807) is 48.7 Å². The van der Waals surface area contributed by atoms with Crippen molar-refractivity contribution in [2.24, 2.45) is 0 Å². The number of carbonyl (C=O) groups excluding carboxylic acids is 2. The van der Waals surface area contributed by atoms with Crippen LogP contribution >= 0.6 is 0 Å². The molecule has 0 aliphatic carbocycles. The van der Waals surface area contributed by atoms with Crippen molar-refractivity contribution in [1.29, 1.82) is 0 Å². The number of pyridine rings is 1. The van der Waals surface area contributed by atoms with Crippen LogP contribution in [0.2, 0.25) is 0 Å². The van der Waals surface area contributed by atoms with Crippen LogP contribution in [0, 0.1) is 0 Å². The second kappa shape index (κ2) is 8.95. The Balaban J connectivity index is 1.75. The number of Topliss-reactive ketones (excluding diaryl/α,β-unsaturated/α-hetero) is 1. The molecule has 1 amide bonds. The predicted octanol–water partition coefficient (Wildman–Crippen LogP) is 4.88. The number of anilines is 1. The monoisotopic (exact) mass is 466 g/mol. The third-order valence-electron chi connectivity index (χ3n) is 6.10. The Morgan fingerprint density at radius 3 is 2.37 bits per heavy atom. The van der Waals surface area contributed by atoms with Gasteiger partial charge in [-0.15, -0.1) is 0 Å². The highest BCUT2D eigenvalue weighted by molar-refractivity contribution is 6.52. The quantitative estimate of drug-likeness (QED) is 0.256. The fourth-order valence-electron chi connectivity index (χ4n) is 4.46. The van der Waals surface area contributed by atoms with Gasteiger partial charge in [0.2, 0.25) is 0 Å². The van der Waals surface area contributed by atoms with Crippen LogP contribution in [0.25, 0.3) is 16.5 Å². The molecule has 5 rings (SSSR count). The van der Waals surface area contributed by atoms with Crippen LogP contribution in [0.5, 0.6) is 11.5 Å². The number of methoxy groups -OCH3 is 2. The van der Waals surface area contributed by atoms with E-state index >= 15 is 0 Å². The molecule has 0 spiro atoms. The summed E-state index contributed by atoms with van der Waals surface area (Å²) in [5.41, 5.74) is 1.29. The number of hydrogen-bond acceptors (Lipinski definition) is 6. The SMILES string of the molecule is COc1ccc(/C(O)=C2\C(=O)C(=O)N(c3cccc4ccccc34)C2c2ccccn2)cc1OC. The first-order chi connectivity index (χ1) is 17.0. The van der Waals surface area contributed by atoms with Crippen LogP contribution in [0.3, 0.4) is 0 Å². The van der Waals surface area contributed by atoms with E-state index in [1.807, 2.05) is 36.4 Å². The van der Waals surface area contributed by atoms with Gasteiger partial charge in [0, 0.05) is 17.1 Å². The van der Waals surface area contributed by atoms with Crippen molar-refractivity contribution in [3.8, 4) is 11.5 Å². The van der Waals surface area contributed by atoms with Gasteiger partial charge in [0.1, 0.15) is 11.8 Å². The van der Waals surface area contributed by atoms with E-state index in [0.717, 1.165) is 10.8 Å². The van der Waals surface area contributed by atoms with Crippen molar-refractivity contribution >= 4 is 33.9 Å². The standard InChI is InChI=1S/C28H22N2O5/c1-34-22-14-13-18(16-23(22)35-2)26(31)24-25(20-11-5-6-15-29-20)30(28(33)27(24)32)21-12-7-9-17-8-3-4-10-19(17)21/h3-16,25,31H,1-2H3/b26-24+. The number of fused-ring (bicyclic) bond motifs is 1. The number of rotatable bonds is 5. The van der Waals surface area contributed by atoms with E-state index in [9.17, 15) is 14.7 Å². The topological polar surface area (TPSA) is 89.0 Å². The number of aromatic nitrogens is 1. The summed E-state index contributed by atoms with van der Waals surface area (Å²) in [6.07, 6.45) is 1.59. The average molecular weight is 466 g/mol. The number of ether oxygens (including phenoxy) is 2. The first-order valence-electron chi connectivity index (χ1n) is 11.0. The number of hydrogen-bond donors (Lipinski definition) is 1. The summed E-state index contributed by atoms with van der Waals surface area (Å²) in [6.45, 7) is 0. The number of amides is 1. The lowest BCUT2D eigenvalue weighted by molar-refractivity contribution is -0.132. The number of ketones is 1. The van der Waals surface area contributed by atoms with Gasteiger partial charge in [-0.3, -0.25) is 19.5 Å². The zero-order valence-corrected chi connectivity index (χ0v) is 19.1. The molecule has 7 nitrogen and oxygen atoms in total. The molecular weight excluding hydrogens is 444 g/mol. The minimum atomic E-state index is -0.921. The van der Waals surface area contributed by atoms with Gasteiger partial charge in [-0.05, 0) is 41.8 Å². The third kappa shape index (κ3) is 3.67. The minimum absolute atomic E-state index is 0.0474. The van der Waals surface area contributed by atoms with E-state index in [0.29, 0.717) is 28.4 Å². The molecule has 1 saturated heterocycles. The molecule has 1 aliphatic rings. The maximum absolute atomic E-state index is 13.5. The summed E-state index contributed by atoms with van der Waals surface area (Å²) in [6, 6.07) is 22.3.